The number of hydrogen-bond acceptors (Lipinski definition) is 2. The molecule has 1 heterocycles. The van der Waals surface area contributed by atoms with Gasteiger partial charge in [0.25, 0.3) is 0 Å². The van der Waals surface area contributed by atoms with Gasteiger partial charge in [-0.3, -0.25) is 0 Å². The van der Waals surface area contributed by atoms with Gasteiger partial charge < -0.3 is 21.7 Å². The molecular weight excluding hydrogens is 738 g/mol. The Hall–Kier alpha value is -1.16. The summed E-state index contributed by atoms with van der Waals surface area (Å²) in [6.45, 7) is 24.0. The van der Waals surface area contributed by atoms with Crippen LogP contribution in [0.5, 0.6) is 0 Å². The first kappa shape index (κ1) is 44.9. The largest absolute Gasteiger partial charge is 1.00 e. The van der Waals surface area contributed by atoms with Gasteiger partial charge in [-0.25, -0.2) is 9.36 Å². The van der Waals surface area contributed by atoms with Gasteiger partial charge in [-0.1, -0.05) is 145 Å². The van der Waals surface area contributed by atoms with Crippen molar-refractivity contribution in [2.24, 2.45) is 56.7 Å². The number of nitrogens with zero attached hydrogens (tertiary/aromatic N) is 1. The zero-order chi connectivity index (χ0) is 38.8. The number of aromatic nitrogens is 1. The third kappa shape index (κ3) is 8.76. The first-order valence-electron chi connectivity index (χ1n) is 23.6. The molecule has 0 saturated heterocycles. The number of fused-ring (bicyclic) bond motifs is 7. The molecule has 0 unspecified atom stereocenters. The maximum absolute atomic E-state index is 13.8. The number of hydrogen-bond donors (Lipinski definition) is 0. The number of pyridine rings is 1. The number of rotatable bonds is 16. The van der Waals surface area contributed by atoms with Gasteiger partial charge in [0.1, 0.15) is 18.2 Å². The maximum atomic E-state index is 13.8. The lowest BCUT2D eigenvalue weighted by molar-refractivity contribution is -0.697. The van der Waals surface area contributed by atoms with Crippen LogP contribution in [0.4, 0.5) is 0 Å². The smallest absolute Gasteiger partial charge is 0.344 e. The molecule has 0 bridgehead atoms. The summed E-state index contributed by atoms with van der Waals surface area (Å²) in [5.74, 6) is 3.48. The lowest BCUT2D eigenvalue weighted by atomic mass is 9.33. The van der Waals surface area contributed by atoms with Crippen LogP contribution in [-0.4, -0.2) is 12.1 Å². The highest BCUT2D eigenvalue weighted by Gasteiger charge is 2.68. The number of unbranched alkanes of at least 4 members (excludes halogenated alkanes) is 12. The molecule has 0 aliphatic heterocycles. The highest BCUT2D eigenvalue weighted by molar-refractivity contribution is 5.88. The van der Waals surface area contributed by atoms with Crippen LogP contribution in [-0.2, 0) is 11.3 Å². The van der Waals surface area contributed by atoms with E-state index in [1.807, 2.05) is 23.9 Å². The molecule has 1 aromatic heterocycles. The van der Waals surface area contributed by atoms with Crippen molar-refractivity contribution in [1.29, 1.82) is 0 Å². The molecule has 0 aromatic carbocycles. The minimum atomic E-state index is -0.129. The van der Waals surface area contributed by atoms with E-state index >= 15 is 0 Å². The number of aryl methyl sites for hydroxylation is 1. The number of ether oxygens (including phenoxy) is 1. The molecule has 0 amide bonds. The molecule has 312 valence electrons. The Morgan fingerprint density at radius 3 is 2.05 bits per heavy atom. The standard InChI is InChI=1S/C51H84NO2.BrH/c1-10-11-12-13-14-15-16-17-18-19-20-21-22-35-52-36-23-24-40(37-52)46(53)54-44-29-31-49(7)42(47(44,4)5)28-32-51(9)43(49)26-25-41-45-39(3)38(2)27-30-48(45,6)33-34-50(41,51)8;/h23-25,36-39,42-45H,10-22,26-35H2,1-9H3;1H/q+1;/p-1/t38-,39+,42+,43-,44+,45+,48-,49+,50-,51-;/m1./s1. The quantitative estimate of drug-likeness (QED) is 0.0720. The van der Waals surface area contributed by atoms with Crippen molar-refractivity contribution in [3.63, 3.8) is 0 Å². The SMILES string of the molecule is CCCCCCCCCCCCCCC[n+]1cccc(C(=O)O[C@H]2CC[C@]3(C)[C@H]4CC=C5[C@@H]6[C@@H](C)[C@H](C)CC[C@]6(C)CC[C@@]5(C)[C@]4(C)CC[C@H]3C2(C)C)c1.[Br-]. The summed E-state index contributed by atoms with van der Waals surface area (Å²) < 4.78 is 8.78. The zero-order valence-electron chi connectivity index (χ0n) is 37.3. The first-order valence-corrected chi connectivity index (χ1v) is 23.6. The van der Waals surface area contributed by atoms with Gasteiger partial charge >= 0.3 is 5.97 Å². The van der Waals surface area contributed by atoms with Crippen molar-refractivity contribution >= 4 is 5.97 Å². The van der Waals surface area contributed by atoms with Gasteiger partial charge in [0.2, 0.25) is 0 Å². The zero-order valence-corrected chi connectivity index (χ0v) is 38.8. The van der Waals surface area contributed by atoms with Crippen molar-refractivity contribution in [2.45, 2.75) is 216 Å². The van der Waals surface area contributed by atoms with Crippen LogP contribution < -0.4 is 21.5 Å². The number of carbonyl (C=O) groups is 1. The van der Waals surface area contributed by atoms with Crippen molar-refractivity contribution in [3.8, 4) is 0 Å². The Labute approximate surface area is 350 Å². The summed E-state index contributed by atoms with van der Waals surface area (Å²) in [5.41, 5.74) is 3.90. The van der Waals surface area contributed by atoms with E-state index in [4.69, 9.17) is 4.74 Å². The Kier molecular flexibility index (Phi) is 15.0. The first-order chi connectivity index (χ1) is 25.7. The molecular formula is C51H84BrNO2. The highest BCUT2D eigenvalue weighted by atomic mass is 79.9. The fourth-order valence-corrected chi connectivity index (χ4v) is 14.3. The third-order valence-corrected chi connectivity index (χ3v) is 18.2. The van der Waals surface area contributed by atoms with E-state index in [1.165, 1.54) is 135 Å². The predicted octanol–water partition coefficient (Wildman–Crippen LogP) is 11.3. The van der Waals surface area contributed by atoms with E-state index < -0.39 is 0 Å². The maximum Gasteiger partial charge on any atom is 0.344 e. The highest BCUT2D eigenvalue weighted by Crippen LogP contribution is 2.75. The number of esters is 1. The molecule has 10 atom stereocenters. The molecule has 0 N–H and O–H groups in total. The van der Waals surface area contributed by atoms with Gasteiger partial charge in [-0.15, -0.1) is 0 Å². The van der Waals surface area contributed by atoms with E-state index in [2.05, 4.69) is 79.2 Å². The molecule has 0 radical (unpaired) electrons. The van der Waals surface area contributed by atoms with Crippen LogP contribution in [0.1, 0.15) is 214 Å². The second-order valence-electron chi connectivity index (χ2n) is 21.6. The van der Waals surface area contributed by atoms with Crippen molar-refractivity contribution in [3.05, 3.63) is 41.7 Å². The molecule has 3 nitrogen and oxygen atoms in total. The fourth-order valence-electron chi connectivity index (χ4n) is 14.3. The molecule has 4 fully saturated rings. The lowest BCUT2D eigenvalue weighted by Gasteiger charge is -2.71. The average molecular weight is 823 g/mol. The van der Waals surface area contributed by atoms with Crippen LogP contribution in [0.2, 0.25) is 0 Å². The summed E-state index contributed by atoms with van der Waals surface area (Å²) in [6, 6.07) is 4.00. The van der Waals surface area contributed by atoms with Gasteiger partial charge in [0.05, 0.1) is 0 Å². The molecule has 5 aliphatic carbocycles. The molecule has 6 rings (SSSR count). The normalized spacial score (nSPS) is 37.7. The predicted molar refractivity (Wildman–Crippen MR) is 226 cm³/mol. The molecule has 4 heteroatoms. The molecule has 5 aliphatic rings. The molecule has 4 saturated carbocycles. The summed E-state index contributed by atoms with van der Waals surface area (Å²) in [6.07, 6.45) is 36.3. The van der Waals surface area contributed by atoms with E-state index in [1.54, 1.807) is 0 Å². The van der Waals surface area contributed by atoms with Crippen molar-refractivity contribution in [1.82, 2.24) is 0 Å². The molecule has 55 heavy (non-hydrogen) atoms. The van der Waals surface area contributed by atoms with Crippen LogP contribution >= 0.6 is 0 Å². The van der Waals surface area contributed by atoms with Crippen LogP contribution in [0.15, 0.2) is 36.2 Å². The van der Waals surface area contributed by atoms with Crippen molar-refractivity contribution in [2.75, 3.05) is 0 Å². The fraction of sp³-hybridized carbons (Fsp3) is 0.843. The lowest BCUT2D eigenvalue weighted by Crippen LogP contribution is -3.00. The number of allylic oxidation sites excluding steroid dienone is 2. The third-order valence-electron chi connectivity index (χ3n) is 18.2. The number of carbonyl (C=O) groups excluding carboxylic acids is 1. The average Bonchev–Trinajstić information content (AvgIpc) is 3.14. The second kappa shape index (κ2) is 18.4. The van der Waals surface area contributed by atoms with E-state index in [0.717, 1.165) is 30.7 Å². The minimum absolute atomic E-state index is 0. The van der Waals surface area contributed by atoms with Gasteiger partial charge in [0.15, 0.2) is 12.4 Å². The van der Waals surface area contributed by atoms with Crippen LogP contribution in [0.25, 0.3) is 0 Å². The Bertz CT molecular complexity index is 1450. The Morgan fingerprint density at radius 1 is 0.764 bits per heavy atom. The van der Waals surface area contributed by atoms with Gasteiger partial charge in [0, 0.05) is 17.9 Å². The Balaban J connectivity index is 0.00000580. The summed E-state index contributed by atoms with van der Waals surface area (Å²) >= 11 is 0. The minimum Gasteiger partial charge on any atom is -1.00 e. The Morgan fingerprint density at radius 2 is 1.40 bits per heavy atom. The monoisotopic (exact) mass is 822 g/mol. The molecule has 1 aromatic rings. The summed E-state index contributed by atoms with van der Waals surface area (Å²) in [4.78, 5) is 13.8. The van der Waals surface area contributed by atoms with Gasteiger partial charge in [-0.2, -0.15) is 0 Å². The summed E-state index contributed by atoms with van der Waals surface area (Å²) in [7, 11) is 0. The van der Waals surface area contributed by atoms with Gasteiger partial charge in [-0.05, 0) is 122 Å². The van der Waals surface area contributed by atoms with Crippen LogP contribution in [0.3, 0.4) is 0 Å². The topological polar surface area (TPSA) is 30.2 Å². The molecule has 0 spiro atoms. The van der Waals surface area contributed by atoms with Crippen LogP contribution in [0, 0.1) is 56.7 Å². The van der Waals surface area contributed by atoms with Crippen molar-refractivity contribution < 1.29 is 31.1 Å². The van der Waals surface area contributed by atoms with E-state index in [0.29, 0.717) is 33.6 Å². The number of halogens is 1. The van der Waals surface area contributed by atoms with E-state index in [-0.39, 0.29) is 39.9 Å². The summed E-state index contributed by atoms with van der Waals surface area (Å²) in [5, 5.41) is 0. The second-order valence-corrected chi connectivity index (χ2v) is 21.6. The van der Waals surface area contributed by atoms with E-state index in [9.17, 15) is 4.79 Å².